The van der Waals surface area contributed by atoms with Gasteiger partial charge in [-0.3, -0.25) is 0 Å². The second-order valence-corrected chi connectivity index (χ2v) is 5.06. The van der Waals surface area contributed by atoms with Gasteiger partial charge in [0.05, 0.1) is 0 Å². The van der Waals surface area contributed by atoms with E-state index in [0.29, 0.717) is 6.04 Å². The molecule has 17 heavy (non-hydrogen) atoms. The van der Waals surface area contributed by atoms with Crippen LogP contribution in [0, 0.1) is 20.8 Å². The zero-order chi connectivity index (χ0) is 12.8. The van der Waals surface area contributed by atoms with Gasteiger partial charge in [-0.1, -0.05) is 44.4 Å². The summed E-state index contributed by atoms with van der Waals surface area (Å²) in [6, 6.07) is 5.14. The second-order valence-electron chi connectivity index (χ2n) is 5.06. The van der Waals surface area contributed by atoms with Crippen LogP contribution in [0.2, 0.25) is 0 Å². The monoisotopic (exact) mass is 233 g/mol. The molecule has 0 aliphatic heterocycles. The lowest BCUT2D eigenvalue weighted by Crippen LogP contribution is -2.22. The standard InChI is InChI=1S/C16H27N/c1-6-8-9-15(17-7-2)16-13(4)10-12(3)11-14(16)5/h10-11,15,17H,6-9H2,1-5H3. The molecule has 0 saturated heterocycles. The summed E-state index contributed by atoms with van der Waals surface area (Å²) in [5.41, 5.74) is 5.76. The molecule has 1 N–H and O–H groups in total. The molecule has 1 aromatic rings. The van der Waals surface area contributed by atoms with Crippen molar-refractivity contribution in [3.8, 4) is 0 Å². The minimum atomic E-state index is 0.528. The summed E-state index contributed by atoms with van der Waals surface area (Å²) < 4.78 is 0. The largest absolute Gasteiger partial charge is 0.310 e. The molecule has 0 spiro atoms. The van der Waals surface area contributed by atoms with Gasteiger partial charge in [-0.25, -0.2) is 0 Å². The number of unbranched alkanes of at least 4 members (excludes halogenated alkanes) is 1. The fraction of sp³-hybridized carbons (Fsp3) is 0.625. The Balaban J connectivity index is 3.00. The first-order chi connectivity index (χ1) is 8.10. The Morgan fingerprint density at radius 3 is 2.12 bits per heavy atom. The van der Waals surface area contributed by atoms with Crippen LogP contribution in [0.1, 0.15) is 61.4 Å². The maximum Gasteiger partial charge on any atom is 0.0325 e. The van der Waals surface area contributed by atoms with Crippen molar-refractivity contribution in [1.82, 2.24) is 5.32 Å². The van der Waals surface area contributed by atoms with E-state index in [1.54, 1.807) is 0 Å². The fourth-order valence-corrected chi connectivity index (χ4v) is 2.74. The van der Waals surface area contributed by atoms with Gasteiger partial charge in [0.1, 0.15) is 0 Å². The number of aryl methyl sites for hydroxylation is 3. The maximum absolute atomic E-state index is 3.63. The summed E-state index contributed by atoms with van der Waals surface area (Å²) in [6.07, 6.45) is 3.81. The molecule has 1 aromatic carbocycles. The lowest BCUT2D eigenvalue weighted by atomic mass is 9.91. The van der Waals surface area contributed by atoms with Crippen molar-refractivity contribution in [2.24, 2.45) is 0 Å². The summed E-state index contributed by atoms with van der Waals surface area (Å²) in [5, 5.41) is 3.63. The zero-order valence-electron chi connectivity index (χ0n) is 12.1. The molecule has 0 radical (unpaired) electrons. The molecule has 0 bridgehead atoms. The van der Waals surface area contributed by atoms with Gasteiger partial charge in [-0.05, 0) is 50.4 Å². The van der Waals surface area contributed by atoms with E-state index in [-0.39, 0.29) is 0 Å². The number of benzene rings is 1. The van der Waals surface area contributed by atoms with Gasteiger partial charge in [0.25, 0.3) is 0 Å². The predicted molar refractivity (Wildman–Crippen MR) is 76.6 cm³/mol. The van der Waals surface area contributed by atoms with Crippen LogP contribution in [0.5, 0.6) is 0 Å². The van der Waals surface area contributed by atoms with Crippen LogP contribution in [0.3, 0.4) is 0 Å². The smallest absolute Gasteiger partial charge is 0.0325 e. The van der Waals surface area contributed by atoms with Gasteiger partial charge in [0.2, 0.25) is 0 Å². The topological polar surface area (TPSA) is 12.0 Å². The lowest BCUT2D eigenvalue weighted by molar-refractivity contribution is 0.491. The molecule has 1 heteroatoms. The Kier molecular flexibility index (Phi) is 5.70. The van der Waals surface area contributed by atoms with E-state index in [4.69, 9.17) is 0 Å². The number of rotatable bonds is 6. The highest BCUT2D eigenvalue weighted by molar-refractivity contribution is 5.39. The Bertz CT molecular complexity index is 332. The molecule has 0 amide bonds. The van der Waals surface area contributed by atoms with E-state index < -0.39 is 0 Å². The molecule has 1 rings (SSSR count). The number of nitrogens with one attached hydrogen (secondary N) is 1. The minimum Gasteiger partial charge on any atom is -0.310 e. The molecule has 1 nitrogen and oxygen atoms in total. The van der Waals surface area contributed by atoms with Crippen LogP contribution in [0.4, 0.5) is 0 Å². The Labute approximate surface area is 107 Å². The highest BCUT2D eigenvalue weighted by atomic mass is 14.9. The van der Waals surface area contributed by atoms with Gasteiger partial charge in [-0.2, -0.15) is 0 Å². The van der Waals surface area contributed by atoms with E-state index in [1.165, 1.54) is 41.5 Å². The van der Waals surface area contributed by atoms with E-state index in [9.17, 15) is 0 Å². The second kappa shape index (κ2) is 6.80. The number of hydrogen-bond donors (Lipinski definition) is 1. The van der Waals surface area contributed by atoms with Crippen molar-refractivity contribution in [3.05, 3.63) is 34.4 Å². The summed E-state index contributed by atoms with van der Waals surface area (Å²) >= 11 is 0. The first-order valence-electron chi connectivity index (χ1n) is 6.91. The van der Waals surface area contributed by atoms with Crippen molar-refractivity contribution in [2.45, 2.75) is 59.9 Å². The molecule has 96 valence electrons. The molecule has 0 heterocycles. The summed E-state index contributed by atoms with van der Waals surface area (Å²) in [5.74, 6) is 0. The Morgan fingerprint density at radius 2 is 1.65 bits per heavy atom. The average molecular weight is 233 g/mol. The van der Waals surface area contributed by atoms with Crippen LogP contribution < -0.4 is 5.32 Å². The van der Waals surface area contributed by atoms with Crippen molar-refractivity contribution in [2.75, 3.05) is 6.54 Å². The van der Waals surface area contributed by atoms with Gasteiger partial charge in [0.15, 0.2) is 0 Å². The Morgan fingerprint density at radius 1 is 1.06 bits per heavy atom. The predicted octanol–water partition coefficient (Wildman–Crippen LogP) is 4.45. The SMILES string of the molecule is CCCCC(NCC)c1c(C)cc(C)cc1C. The van der Waals surface area contributed by atoms with Crippen LogP contribution in [0.25, 0.3) is 0 Å². The maximum atomic E-state index is 3.63. The Hall–Kier alpha value is -0.820. The first kappa shape index (κ1) is 14.2. The average Bonchev–Trinajstić information content (AvgIpc) is 2.24. The van der Waals surface area contributed by atoms with Crippen LogP contribution in [0.15, 0.2) is 12.1 Å². The first-order valence-corrected chi connectivity index (χ1v) is 6.91. The molecule has 0 fully saturated rings. The van der Waals surface area contributed by atoms with Crippen molar-refractivity contribution >= 4 is 0 Å². The summed E-state index contributed by atoms with van der Waals surface area (Å²) in [4.78, 5) is 0. The van der Waals surface area contributed by atoms with Crippen LogP contribution in [-0.4, -0.2) is 6.54 Å². The van der Waals surface area contributed by atoms with Crippen LogP contribution in [-0.2, 0) is 0 Å². The van der Waals surface area contributed by atoms with E-state index >= 15 is 0 Å². The lowest BCUT2D eigenvalue weighted by Gasteiger charge is -2.23. The van der Waals surface area contributed by atoms with Gasteiger partial charge in [-0.15, -0.1) is 0 Å². The molecule has 0 aromatic heterocycles. The molecule has 1 atom stereocenters. The zero-order valence-corrected chi connectivity index (χ0v) is 12.1. The third kappa shape index (κ3) is 3.85. The van der Waals surface area contributed by atoms with Gasteiger partial charge >= 0.3 is 0 Å². The molecule has 0 aliphatic carbocycles. The highest BCUT2D eigenvalue weighted by Crippen LogP contribution is 2.27. The van der Waals surface area contributed by atoms with Crippen molar-refractivity contribution in [3.63, 3.8) is 0 Å². The third-order valence-electron chi connectivity index (χ3n) is 3.38. The molecule has 1 unspecified atom stereocenters. The minimum absolute atomic E-state index is 0.528. The molecule has 0 aliphatic rings. The van der Waals surface area contributed by atoms with E-state index in [2.05, 4.69) is 52.1 Å². The third-order valence-corrected chi connectivity index (χ3v) is 3.38. The normalized spacial score (nSPS) is 12.8. The molecular weight excluding hydrogens is 206 g/mol. The highest BCUT2D eigenvalue weighted by Gasteiger charge is 2.14. The van der Waals surface area contributed by atoms with E-state index in [0.717, 1.165) is 6.54 Å². The van der Waals surface area contributed by atoms with Crippen LogP contribution >= 0.6 is 0 Å². The van der Waals surface area contributed by atoms with E-state index in [1.807, 2.05) is 0 Å². The van der Waals surface area contributed by atoms with Gasteiger partial charge in [0, 0.05) is 6.04 Å². The molecular formula is C16H27N. The van der Waals surface area contributed by atoms with Crippen molar-refractivity contribution in [1.29, 1.82) is 0 Å². The fourth-order valence-electron chi connectivity index (χ4n) is 2.74. The van der Waals surface area contributed by atoms with Crippen molar-refractivity contribution < 1.29 is 0 Å². The number of hydrogen-bond acceptors (Lipinski definition) is 1. The summed E-state index contributed by atoms with van der Waals surface area (Å²) in [6.45, 7) is 12.2. The molecule has 0 saturated carbocycles. The van der Waals surface area contributed by atoms with Gasteiger partial charge < -0.3 is 5.32 Å². The quantitative estimate of drug-likeness (QED) is 0.765. The summed E-state index contributed by atoms with van der Waals surface area (Å²) in [7, 11) is 0.